The molecule has 1 aromatic carbocycles. The smallest absolute Gasteiger partial charge is 0.181 e. The normalized spacial score (nSPS) is 20.4. The second kappa shape index (κ2) is 6.62. The molecule has 0 aromatic heterocycles. The summed E-state index contributed by atoms with van der Waals surface area (Å²) in [7, 11) is -3.47. The van der Waals surface area contributed by atoms with Crippen LogP contribution >= 0.6 is 23.2 Å². The predicted molar refractivity (Wildman–Crippen MR) is 80.2 cm³/mol. The summed E-state index contributed by atoms with van der Waals surface area (Å²) in [5, 5.41) is 9.77. The van der Waals surface area contributed by atoms with Gasteiger partial charge < -0.3 is 5.11 Å². The molecule has 1 atom stereocenters. The number of hydrogen-bond acceptors (Lipinski definition) is 4. The average molecular weight is 338 g/mol. The van der Waals surface area contributed by atoms with Gasteiger partial charge in [-0.3, -0.25) is 4.90 Å². The van der Waals surface area contributed by atoms with Gasteiger partial charge in [-0.2, -0.15) is 0 Å². The molecule has 0 radical (unpaired) electrons. The van der Waals surface area contributed by atoms with Crippen molar-refractivity contribution < 1.29 is 13.5 Å². The first-order chi connectivity index (χ1) is 9.44. The zero-order valence-corrected chi connectivity index (χ0v) is 13.3. The molecule has 1 aliphatic rings. The van der Waals surface area contributed by atoms with Crippen LogP contribution in [0.3, 0.4) is 0 Å². The summed E-state index contributed by atoms with van der Waals surface area (Å²) in [6.45, 7) is 1.29. The van der Waals surface area contributed by atoms with Crippen LogP contribution in [0.2, 0.25) is 10.0 Å². The zero-order valence-electron chi connectivity index (χ0n) is 10.9. The van der Waals surface area contributed by atoms with Gasteiger partial charge in [-0.15, -0.1) is 0 Å². The maximum Gasteiger partial charge on any atom is 0.181 e. The van der Waals surface area contributed by atoms with Crippen LogP contribution in [0.1, 0.15) is 12.8 Å². The van der Waals surface area contributed by atoms with E-state index in [1.54, 1.807) is 6.07 Å². The van der Waals surface area contributed by atoms with E-state index >= 15 is 0 Å². The molecule has 0 saturated carbocycles. The summed E-state index contributed by atoms with van der Waals surface area (Å²) in [6, 6.07) is 4.50. The molecule has 20 heavy (non-hydrogen) atoms. The fourth-order valence-corrected chi connectivity index (χ4v) is 4.53. The van der Waals surface area contributed by atoms with Crippen LogP contribution in [-0.4, -0.2) is 49.9 Å². The largest absolute Gasteiger partial charge is 0.395 e. The molecule has 1 fully saturated rings. The van der Waals surface area contributed by atoms with Crippen molar-refractivity contribution in [3.63, 3.8) is 0 Å². The molecule has 0 bridgehead atoms. The number of aliphatic hydroxyl groups excluding tert-OH is 1. The first-order valence-corrected chi connectivity index (χ1v) is 8.87. The highest BCUT2D eigenvalue weighted by atomic mass is 35.5. The molecule has 1 aromatic rings. The molecule has 1 saturated heterocycles. The summed E-state index contributed by atoms with van der Waals surface area (Å²) in [4.78, 5) is 2.09. The molecule has 4 nitrogen and oxygen atoms in total. The number of likely N-dealkylation sites (tertiary alicyclic amines) is 1. The standard InChI is InChI=1S/C13H17Cl2NO3S/c14-10-3-4-12(15)13(8-10)20(18,19)7-6-16-5-1-2-11(16)9-17/h3-4,8,11,17H,1-2,5-7,9H2/t11-/m1/s1. The highest BCUT2D eigenvalue weighted by Gasteiger charge is 2.26. The molecular weight excluding hydrogens is 321 g/mol. The van der Waals surface area contributed by atoms with E-state index in [2.05, 4.69) is 0 Å². The fraction of sp³-hybridized carbons (Fsp3) is 0.538. The molecular formula is C13H17Cl2NO3S. The van der Waals surface area contributed by atoms with Crippen LogP contribution in [0.5, 0.6) is 0 Å². The molecule has 0 spiro atoms. The van der Waals surface area contributed by atoms with E-state index in [1.165, 1.54) is 12.1 Å². The Kier molecular flexibility index (Phi) is 5.31. The van der Waals surface area contributed by atoms with Gasteiger partial charge >= 0.3 is 0 Å². The van der Waals surface area contributed by atoms with Gasteiger partial charge in [-0.05, 0) is 37.6 Å². The number of hydrogen-bond donors (Lipinski definition) is 1. The third kappa shape index (κ3) is 3.65. The van der Waals surface area contributed by atoms with E-state index in [1.807, 2.05) is 4.90 Å². The van der Waals surface area contributed by atoms with Crippen molar-refractivity contribution in [2.24, 2.45) is 0 Å². The quantitative estimate of drug-likeness (QED) is 0.894. The zero-order chi connectivity index (χ0) is 14.8. The lowest BCUT2D eigenvalue weighted by molar-refractivity contribution is 0.165. The summed E-state index contributed by atoms with van der Waals surface area (Å²) < 4.78 is 24.6. The number of rotatable bonds is 5. The highest BCUT2D eigenvalue weighted by Crippen LogP contribution is 2.26. The Balaban J connectivity index is 2.09. The maximum absolute atomic E-state index is 12.3. The number of halogens is 2. The van der Waals surface area contributed by atoms with E-state index in [4.69, 9.17) is 23.2 Å². The number of aliphatic hydroxyl groups is 1. The minimum absolute atomic E-state index is 0.0242. The van der Waals surface area contributed by atoms with Crippen molar-refractivity contribution in [3.05, 3.63) is 28.2 Å². The number of nitrogens with zero attached hydrogens (tertiary/aromatic N) is 1. The van der Waals surface area contributed by atoms with E-state index in [0.717, 1.165) is 19.4 Å². The van der Waals surface area contributed by atoms with Crippen molar-refractivity contribution in [1.82, 2.24) is 4.90 Å². The van der Waals surface area contributed by atoms with Crippen LogP contribution in [0.4, 0.5) is 0 Å². The highest BCUT2D eigenvalue weighted by molar-refractivity contribution is 7.91. The SMILES string of the molecule is O=S(=O)(CCN1CCC[C@@H]1CO)c1cc(Cl)ccc1Cl. The van der Waals surface area contributed by atoms with Gasteiger partial charge in [-0.1, -0.05) is 23.2 Å². The van der Waals surface area contributed by atoms with Gasteiger partial charge in [0.15, 0.2) is 9.84 Å². The van der Waals surface area contributed by atoms with Crippen molar-refractivity contribution in [2.75, 3.05) is 25.4 Å². The van der Waals surface area contributed by atoms with Crippen molar-refractivity contribution >= 4 is 33.0 Å². The Hall–Kier alpha value is -0.330. The summed E-state index contributed by atoms with van der Waals surface area (Å²) in [6.07, 6.45) is 1.90. The van der Waals surface area contributed by atoms with Gasteiger partial charge in [0, 0.05) is 17.6 Å². The summed E-state index contributed by atoms with van der Waals surface area (Å²) in [5.41, 5.74) is 0. The van der Waals surface area contributed by atoms with E-state index < -0.39 is 9.84 Å². The average Bonchev–Trinajstić information content (AvgIpc) is 2.86. The van der Waals surface area contributed by atoms with Gasteiger partial charge in [0.2, 0.25) is 0 Å². The molecule has 7 heteroatoms. The molecule has 0 unspecified atom stereocenters. The molecule has 0 amide bonds. The second-order valence-corrected chi connectivity index (χ2v) is 7.83. The van der Waals surface area contributed by atoms with Crippen LogP contribution < -0.4 is 0 Å². The van der Waals surface area contributed by atoms with Gasteiger partial charge in [-0.25, -0.2) is 8.42 Å². The molecule has 1 aliphatic heterocycles. The maximum atomic E-state index is 12.3. The van der Waals surface area contributed by atoms with Crippen molar-refractivity contribution in [2.45, 2.75) is 23.8 Å². The topological polar surface area (TPSA) is 57.6 Å². The van der Waals surface area contributed by atoms with Crippen LogP contribution in [0.25, 0.3) is 0 Å². The van der Waals surface area contributed by atoms with E-state index in [0.29, 0.717) is 11.6 Å². The minimum atomic E-state index is -3.47. The fourth-order valence-electron chi connectivity index (χ4n) is 2.46. The third-order valence-corrected chi connectivity index (χ3v) is 5.99. The lowest BCUT2D eigenvalue weighted by Crippen LogP contribution is -2.35. The molecule has 112 valence electrons. The van der Waals surface area contributed by atoms with Gasteiger partial charge in [0.1, 0.15) is 0 Å². The Morgan fingerprint density at radius 1 is 1.35 bits per heavy atom. The van der Waals surface area contributed by atoms with Crippen LogP contribution in [-0.2, 0) is 9.84 Å². The Morgan fingerprint density at radius 3 is 2.80 bits per heavy atom. The Bertz CT molecular complexity index is 577. The predicted octanol–water partition coefficient (Wildman–Crippen LogP) is 2.22. The van der Waals surface area contributed by atoms with Crippen molar-refractivity contribution in [3.8, 4) is 0 Å². The van der Waals surface area contributed by atoms with E-state index in [9.17, 15) is 13.5 Å². The molecule has 1 N–H and O–H groups in total. The minimum Gasteiger partial charge on any atom is -0.395 e. The van der Waals surface area contributed by atoms with Gasteiger partial charge in [0.05, 0.1) is 22.3 Å². The van der Waals surface area contributed by atoms with E-state index in [-0.39, 0.29) is 28.3 Å². The Morgan fingerprint density at radius 2 is 2.10 bits per heavy atom. The lowest BCUT2D eigenvalue weighted by Gasteiger charge is -2.22. The van der Waals surface area contributed by atoms with Crippen LogP contribution in [0.15, 0.2) is 23.1 Å². The monoisotopic (exact) mass is 337 g/mol. The second-order valence-electron chi connectivity index (χ2n) is 4.91. The van der Waals surface area contributed by atoms with Gasteiger partial charge in [0.25, 0.3) is 0 Å². The van der Waals surface area contributed by atoms with Crippen molar-refractivity contribution in [1.29, 1.82) is 0 Å². The first-order valence-electron chi connectivity index (χ1n) is 6.47. The van der Waals surface area contributed by atoms with Crippen LogP contribution in [0, 0.1) is 0 Å². The molecule has 1 heterocycles. The molecule has 0 aliphatic carbocycles. The number of sulfone groups is 1. The molecule has 2 rings (SSSR count). The first kappa shape index (κ1) is 16.0. The lowest BCUT2D eigenvalue weighted by atomic mass is 10.2. The number of benzene rings is 1. The summed E-state index contributed by atoms with van der Waals surface area (Å²) >= 11 is 11.8. The third-order valence-electron chi connectivity index (χ3n) is 3.59. The summed E-state index contributed by atoms with van der Waals surface area (Å²) in [5.74, 6) is -0.0242. The Labute approximate surface area is 129 Å².